The zero-order valence-electron chi connectivity index (χ0n) is 22.9. The predicted molar refractivity (Wildman–Crippen MR) is 155 cm³/mol. The summed E-state index contributed by atoms with van der Waals surface area (Å²) in [6, 6.07) is 12.2. The summed E-state index contributed by atoms with van der Waals surface area (Å²) in [5.41, 5.74) is 2.41. The summed E-state index contributed by atoms with van der Waals surface area (Å²) in [6.45, 7) is 5.03. The molecule has 5 nitrogen and oxygen atoms in total. The molecule has 0 aliphatic heterocycles. The molecule has 2 aromatic carbocycles. The summed E-state index contributed by atoms with van der Waals surface area (Å²) in [7, 11) is 0. The van der Waals surface area contributed by atoms with E-state index in [2.05, 4.69) is 23.8 Å². The summed E-state index contributed by atoms with van der Waals surface area (Å²) in [5.74, 6) is 1.21. The zero-order valence-corrected chi connectivity index (χ0v) is 23.6. The normalized spacial score (nSPS) is 10.9. The van der Waals surface area contributed by atoms with Gasteiger partial charge in [0.2, 0.25) is 0 Å². The Morgan fingerprint density at radius 2 is 1.42 bits per heavy atom. The van der Waals surface area contributed by atoms with Crippen molar-refractivity contribution in [3.8, 4) is 22.9 Å². The van der Waals surface area contributed by atoms with E-state index in [1.165, 1.54) is 63.4 Å². The molecule has 38 heavy (non-hydrogen) atoms. The molecule has 0 aliphatic rings. The highest BCUT2D eigenvalue weighted by atomic mass is 35.5. The first kappa shape index (κ1) is 29.6. The third-order valence-electron chi connectivity index (χ3n) is 6.52. The first-order chi connectivity index (χ1) is 18.6. The number of ether oxygens (including phenoxy) is 2. The minimum Gasteiger partial charge on any atom is -0.492 e. The Balaban J connectivity index is 1.46. The van der Waals surface area contributed by atoms with E-state index in [0.717, 1.165) is 24.8 Å². The molecule has 6 heteroatoms. The number of nitrogens with zero attached hydrogens (tertiary/aromatic N) is 2. The van der Waals surface area contributed by atoms with E-state index in [-0.39, 0.29) is 0 Å². The summed E-state index contributed by atoms with van der Waals surface area (Å²) in [5, 5.41) is 0.401. The van der Waals surface area contributed by atoms with Crippen molar-refractivity contribution in [3.05, 3.63) is 71.0 Å². The maximum Gasteiger partial charge on any atom is 0.343 e. The highest BCUT2D eigenvalue weighted by Gasteiger charge is 2.12. The maximum atomic E-state index is 12.6. The molecule has 0 atom stereocenters. The van der Waals surface area contributed by atoms with Crippen molar-refractivity contribution in [1.29, 1.82) is 0 Å². The number of unbranched alkanes of at least 4 members (excludes halogenated alkanes) is 9. The maximum absolute atomic E-state index is 12.6. The number of carbonyl (C=O) groups excluding carboxylic acids is 1. The first-order valence-electron chi connectivity index (χ1n) is 14.2. The fourth-order valence-corrected chi connectivity index (χ4v) is 4.45. The van der Waals surface area contributed by atoms with Crippen molar-refractivity contribution in [3.63, 3.8) is 0 Å². The second-order valence-electron chi connectivity index (χ2n) is 9.75. The minimum absolute atomic E-state index is 0.372. The Morgan fingerprint density at radius 3 is 2.08 bits per heavy atom. The van der Waals surface area contributed by atoms with E-state index in [1.54, 1.807) is 30.3 Å². The molecule has 204 valence electrons. The lowest BCUT2D eigenvalue weighted by atomic mass is 10.1. The van der Waals surface area contributed by atoms with Crippen molar-refractivity contribution < 1.29 is 14.3 Å². The summed E-state index contributed by atoms with van der Waals surface area (Å²) >= 11 is 6.33. The second-order valence-corrected chi connectivity index (χ2v) is 10.2. The van der Waals surface area contributed by atoms with Crippen LogP contribution in [0.3, 0.4) is 0 Å². The van der Waals surface area contributed by atoms with E-state index in [0.29, 0.717) is 34.5 Å². The third kappa shape index (κ3) is 10.1. The summed E-state index contributed by atoms with van der Waals surface area (Å²) < 4.78 is 11.3. The van der Waals surface area contributed by atoms with Gasteiger partial charge in [0.15, 0.2) is 5.82 Å². The van der Waals surface area contributed by atoms with Crippen molar-refractivity contribution in [2.24, 2.45) is 0 Å². The van der Waals surface area contributed by atoms with Crippen LogP contribution < -0.4 is 9.47 Å². The van der Waals surface area contributed by atoms with Gasteiger partial charge in [-0.3, -0.25) is 0 Å². The number of halogens is 1. The molecule has 0 fully saturated rings. The molecule has 0 unspecified atom stereocenters. The molecule has 0 amide bonds. The van der Waals surface area contributed by atoms with Gasteiger partial charge in [-0.1, -0.05) is 83.2 Å². The predicted octanol–water partition coefficient (Wildman–Crippen LogP) is 9.27. The van der Waals surface area contributed by atoms with Crippen LogP contribution in [0.1, 0.15) is 100 Å². The molecule has 3 aromatic rings. The van der Waals surface area contributed by atoms with Gasteiger partial charge in [0.25, 0.3) is 0 Å². The average molecular weight is 537 g/mol. The van der Waals surface area contributed by atoms with Crippen LogP contribution >= 0.6 is 11.6 Å². The highest BCUT2D eigenvalue weighted by Crippen LogP contribution is 2.27. The van der Waals surface area contributed by atoms with Crippen LogP contribution in [0.15, 0.2) is 54.9 Å². The van der Waals surface area contributed by atoms with Crippen LogP contribution in [-0.2, 0) is 6.42 Å². The van der Waals surface area contributed by atoms with Crippen molar-refractivity contribution in [1.82, 2.24) is 9.97 Å². The van der Waals surface area contributed by atoms with E-state index in [4.69, 9.17) is 21.1 Å². The fraction of sp³-hybridized carbons (Fsp3) is 0.469. The van der Waals surface area contributed by atoms with Gasteiger partial charge in [-0.05, 0) is 67.3 Å². The number of hydrogen-bond acceptors (Lipinski definition) is 5. The van der Waals surface area contributed by atoms with Gasteiger partial charge in [-0.15, -0.1) is 0 Å². The molecule has 0 saturated heterocycles. The van der Waals surface area contributed by atoms with Gasteiger partial charge in [0, 0.05) is 18.0 Å². The second kappa shape index (κ2) is 16.8. The van der Waals surface area contributed by atoms with Crippen LogP contribution in [0, 0.1) is 0 Å². The number of aryl methyl sites for hydroxylation is 1. The Bertz CT molecular complexity index is 1100. The molecular formula is C32H41ClN2O3. The van der Waals surface area contributed by atoms with Crippen LogP contribution in [0.2, 0.25) is 5.02 Å². The summed E-state index contributed by atoms with van der Waals surface area (Å²) in [6.07, 6.45) is 18.4. The molecule has 1 heterocycles. The Labute approximate surface area is 233 Å². The summed E-state index contributed by atoms with van der Waals surface area (Å²) in [4.78, 5) is 21.7. The van der Waals surface area contributed by atoms with Gasteiger partial charge in [-0.2, -0.15) is 0 Å². The van der Waals surface area contributed by atoms with Gasteiger partial charge in [-0.25, -0.2) is 14.8 Å². The molecule has 0 saturated carbocycles. The molecule has 1 aromatic heterocycles. The smallest absolute Gasteiger partial charge is 0.343 e. The fourth-order valence-electron chi connectivity index (χ4n) is 4.21. The van der Waals surface area contributed by atoms with Gasteiger partial charge >= 0.3 is 5.97 Å². The highest BCUT2D eigenvalue weighted by molar-refractivity contribution is 6.32. The van der Waals surface area contributed by atoms with Crippen molar-refractivity contribution in [2.75, 3.05) is 6.61 Å². The lowest BCUT2D eigenvalue weighted by Gasteiger charge is -2.10. The number of esters is 1. The lowest BCUT2D eigenvalue weighted by Crippen LogP contribution is -2.08. The third-order valence-corrected chi connectivity index (χ3v) is 6.82. The van der Waals surface area contributed by atoms with Crippen LogP contribution in [0.5, 0.6) is 11.5 Å². The molecule has 0 radical (unpaired) electrons. The number of benzene rings is 2. The molecule has 3 rings (SSSR count). The standard InChI is InChI=1S/C32H41ClN2O3/c1-3-5-7-9-10-11-12-14-25-23-34-31(35-24-25)26-15-18-28(19-16-26)38-32(36)27-17-20-30(29(33)22-27)37-21-13-8-6-4-2/h15-20,22-24H,3-14,21H2,1-2H3. The first-order valence-corrected chi connectivity index (χ1v) is 14.5. The average Bonchev–Trinajstić information content (AvgIpc) is 2.94. The van der Waals surface area contributed by atoms with E-state index >= 15 is 0 Å². The Kier molecular flexibility index (Phi) is 13.1. The monoisotopic (exact) mass is 536 g/mol. The number of hydrogen-bond donors (Lipinski definition) is 0. The van der Waals surface area contributed by atoms with Gasteiger partial charge in [0.05, 0.1) is 17.2 Å². The van der Waals surface area contributed by atoms with Crippen LogP contribution in [-0.4, -0.2) is 22.5 Å². The quantitative estimate of drug-likeness (QED) is 0.0976. The number of aromatic nitrogens is 2. The minimum atomic E-state index is -0.472. The largest absolute Gasteiger partial charge is 0.492 e. The molecule has 0 N–H and O–H groups in total. The van der Waals surface area contributed by atoms with Crippen LogP contribution in [0.4, 0.5) is 0 Å². The van der Waals surface area contributed by atoms with E-state index in [1.807, 2.05) is 24.5 Å². The molecule has 0 spiro atoms. The van der Waals surface area contributed by atoms with Gasteiger partial charge < -0.3 is 9.47 Å². The van der Waals surface area contributed by atoms with Crippen molar-refractivity contribution in [2.45, 2.75) is 90.9 Å². The van der Waals surface area contributed by atoms with E-state index < -0.39 is 5.97 Å². The molecule has 0 aliphatic carbocycles. The molecular weight excluding hydrogens is 496 g/mol. The molecule has 0 bridgehead atoms. The lowest BCUT2D eigenvalue weighted by molar-refractivity contribution is 0.0734. The van der Waals surface area contributed by atoms with Crippen LogP contribution in [0.25, 0.3) is 11.4 Å². The topological polar surface area (TPSA) is 61.3 Å². The van der Waals surface area contributed by atoms with Crippen molar-refractivity contribution >= 4 is 17.6 Å². The Hall–Kier alpha value is -2.92. The zero-order chi connectivity index (χ0) is 27.0. The Morgan fingerprint density at radius 1 is 0.789 bits per heavy atom. The van der Waals surface area contributed by atoms with E-state index in [9.17, 15) is 4.79 Å². The number of carbonyl (C=O) groups is 1. The SMILES string of the molecule is CCCCCCCCCc1cnc(-c2ccc(OC(=O)c3ccc(OCCCCCC)c(Cl)c3)cc2)nc1. The van der Waals surface area contributed by atoms with Gasteiger partial charge in [0.1, 0.15) is 11.5 Å². The number of rotatable bonds is 17.